The van der Waals surface area contributed by atoms with Gasteiger partial charge in [-0.3, -0.25) is 4.79 Å². The van der Waals surface area contributed by atoms with Crippen LogP contribution >= 0.6 is 46.6 Å². The lowest BCUT2D eigenvalue weighted by Gasteiger charge is -2.08. The maximum Gasteiger partial charge on any atom is 0.252 e. The monoisotopic (exact) mass is 387 g/mol. The van der Waals surface area contributed by atoms with Gasteiger partial charge in [0.1, 0.15) is 0 Å². The molecule has 6 heteroatoms. The molecular formula is C17H16Cl3NOS. The molecule has 0 spiro atoms. The van der Waals surface area contributed by atoms with Gasteiger partial charge < -0.3 is 5.32 Å². The second-order valence-electron chi connectivity index (χ2n) is 5.03. The first-order valence-corrected chi connectivity index (χ1v) is 9.32. The Labute approximate surface area is 155 Å². The standard InChI is InChI=1S/C17H16Cl3NOS/c1-11-2-5-14(16(20)8-11)17(22)21-6-7-23-10-12-3-4-13(18)9-15(12)19/h2-5,8-9H,6-7,10H2,1H3,(H,21,22). The third-order valence-electron chi connectivity index (χ3n) is 3.17. The second-order valence-corrected chi connectivity index (χ2v) is 7.38. The molecule has 2 aromatic rings. The molecule has 23 heavy (non-hydrogen) atoms. The van der Waals surface area contributed by atoms with Gasteiger partial charge in [0.25, 0.3) is 5.91 Å². The summed E-state index contributed by atoms with van der Waals surface area (Å²) in [4.78, 5) is 12.1. The third kappa shape index (κ3) is 5.61. The number of amides is 1. The summed E-state index contributed by atoms with van der Waals surface area (Å²) in [7, 11) is 0. The summed E-state index contributed by atoms with van der Waals surface area (Å²) in [6.07, 6.45) is 0. The number of thioether (sulfide) groups is 1. The van der Waals surface area contributed by atoms with Gasteiger partial charge in [0, 0.05) is 28.1 Å². The first-order valence-electron chi connectivity index (χ1n) is 7.03. The second kappa shape index (κ2) is 8.84. The molecule has 0 saturated carbocycles. The van der Waals surface area contributed by atoms with Crippen molar-refractivity contribution in [2.75, 3.05) is 12.3 Å². The lowest BCUT2D eigenvalue weighted by atomic mass is 10.1. The smallest absolute Gasteiger partial charge is 0.252 e. The van der Waals surface area contributed by atoms with Crippen molar-refractivity contribution < 1.29 is 4.79 Å². The number of carbonyl (C=O) groups is 1. The molecule has 0 radical (unpaired) electrons. The minimum absolute atomic E-state index is 0.153. The van der Waals surface area contributed by atoms with Crippen molar-refractivity contribution in [2.45, 2.75) is 12.7 Å². The highest BCUT2D eigenvalue weighted by Crippen LogP contribution is 2.24. The van der Waals surface area contributed by atoms with Crippen LogP contribution in [0.25, 0.3) is 0 Å². The van der Waals surface area contributed by atoms with E-state index in [1.807, 2.05) is 25.1 Å². The molecule has 2 rings (SSSR count). The number of benzene rings is 2. The predicted octanol–water partition coefficient (Wildman–Crippen LogP) is 5.62. The van der Waals surface area contributed by atoms with Crippen molar-refractivity contribution in [3.05, 3.63) is 68.2 Å². The maximum absolute atomic E-state index is 12.1. The molecule has 122 valence electrons. The molecule has 0 heterocycles. The zero-order chi connectivity index (χ0) is 16.8. The predicted molar refractivity (Wildman–Crippen MR) is 101 cm³/mol. The highest BCUT2D eigenvalue weighted by Gasteiger charge is 2.09. The van der Waals surface area contributed by atoms with Crippen LogP contribution in [-0.2, 0) is 5.75 Å². The van der Waals surface area contributed by atoms with Crippen molar-refractivity contribution in [3.8, 4) is 0 Å². The van der Waals surface area contributed by atoms with E-state index in [2.05, 4.69) is 5.32 Å². The Kier molecular flexibility index (Phi) is 7.09. The summed E-state index contributed by atoms with van der Waals surface area (Å²) >= 11 is 19.8. The third-order valence-corrected chi connectivity index (χ3v) is 5.08. The van der Waals surface area contributed by atoms with Crippen LogP contribution in [0.4, 0.5) is 0 Å². The Bertz CT molecular complexity index is 706. The molecule has 0 saturated heterocycles. The zero-order valence-electron chi connectivity index (χ0n) is 12.5. The van der Waals surface area contributed by atoms with Gasteiger partial charge in [-0.1, -0.05) is 46.9 Å². The van der Waals surface area contributed by atoms with E-state index in [-0.39, 0.29) is 5.91 Å². The number of nitrogens with one attached hydrogen (secondary N) is 1. The van der Waals surface area contributed by atoms with E-state index in [1.165, 1.54) is 0 Å². The van der Waals surface area contributed by atoms with Gasteiger partial charge in [-0.15, -0.1) is 0 Å². The molecule has 0 unspecified atom stereocenters. The fourth-order valence-corrected chi connectivity index (χ4v) is 3.69. The van der Waals surface area contributed by atoms with E-state index in [9.17, 15) is 4.79 Å². The molecule has 0 aliphatic rings. The largest absolute Gasteiger partial charge is 0.351 e. The van der Waals surface area contributed by atoms with Gasteiger partial charge in [0.05, 0.1) is 10.6 Å². The van der Waals surface area contributed by atoms with E-state index in [4.69, 9.17) is 34.8 Å². The summed E-state index contributed by atoms with van der Waals surface area (Å²) < 4.78 is 0. The minimum Gasteiger partial charge on any atom is -0.351 e. The number of carbonyl (C=O) groups excluding carboxylic acids is 1. The van der Waals surface area contributed by atoms with Crippen LogP contribution < -0.4 is 5.32 Å². The van der Waals surface area contributed by atoms with Crippen LogP contribution in [0.3, 0.4) is 0 Å². The van der Waals surface area contributed by atoms with E-state index in [0.29, 0.717) is 27.2 Å². The number of hydrogen-bond acceptors (Lipinski definition) is 2. The summed E-state index contributed by atoms with van der Waals surface area (Å²) in [5, 5.41) is 4.64. The SMILES string of the molecule is Cc1ccc(C(=O)NCCSCc2ccc(Cl)cc2Cl)c(Cl)c1. The van der Waals surface area contributed by atoms with Crippen molar-refractivity contribution in [1.29, 1.82) is 0 Å². The molecule has 2 nitrogen and oxygen atoms in total. The lowest BCUT2D eigenvalue weighted by Crippen LogP contribution is -2.26. The quantitative estimate of drug-likeness (QED) is 0.651. The van der Waals surface area contributed by atoms with Gasteiger partial charge in [0.15, 0.2) is 0 Å². The van der Waals surface area contributed by atoms with E-state index in [1.54, 1.807) is 30.0 Å². The molecule has 0 atom stereocenters. The molecule has 1 amide bonds. The van der Waals surface area contributed by atoms with Crippen LogP contribution in [0.15, 0.2) is 36.4 Å². The molecule has 0 aromatic heterocycles. The average Bonchev–Trinajstić information content (AvgIpc) is 2.48. The Morgan fingerprint density at radius 1 is 1.09 bits per heavy atom. The normalized spacial score (nSPS) is 10.6. The summed E-state index contributed by atoms with van der Waals surface area (Å²) in [6, 6.07) is 10.9. The van der Waals surface area contributed by atoms with Crippen LogP contribution in [0.1, 0.15) is 21.5 Å². The highest BCUT2D eigenvalue weighted by molar-refractivity contribution is 7.98. The van der Waals surface area contributed by atoms with Crippen LogP contribution in [-0.4, -0.2) is 18.2 Å². The number of halogens is 3. The molecular weight excluding hydrogens is 373 g/mol. The first-order chi connectivity index (χ1) is 11.0. The molecule has 0 bridgehead atoms. The van der Waals surface area contributed by atoms with Crippen molar-refractivity contribution >= 4 is 52.5 Å². The van der Waals surface area contributed by atoms with E-state index in [0.717, 1.165) is 22.6 Å². The molecule has 0 aliphatic heterocycles. The van der Waals surface area contributed by atoms with Crippen molar-refractivity contribution in [1.82, 2.24) is 5.32 Å². The van der Waals surface area contributed by atoms with Crippen molar-refractivity contribution in [3.63, 3.8) is 0 Å². The zero-order valence-corrected chi connectivity index (χ0v) is 15.6. The summed E-state index contributed by atoms with van der Waals surface area (Å²) in [5.74, 6) is 1.41. The Morgan fingerprint density at radius 3 is 2.57 bits per heavy atom. The first kappa shape index (κ1) is 18.5. The van der Waals surface area contributed by atoms with Crippen LogP contribution in [0.2, 0.25) is 15.1 Å². The fraction of sp³-hybridized carbons (Fsp3) is 0.235. The van der Waals surface area contributed by atoms with Crippen LogP contribution in [0, 0.1) is 6.92 Å². The fourth-order valence-electron chi connectivity index (χ4n) is 1.96. The summed E-state index contributed by atoms with van der Waals surface area (Å²) in [6.45, 7) is 2.50. The number of rotatable bonds is 6. The van der Waals surface area contributed by atoms with Gasteiger partial charge in [0.2, 0.25) is 0 Å². The van der Waals surface area contributed by atoms with Gasteiger partial charge in [-0.25, -0.2) is 0 Å². The minimum atomic E-state index is -0.153. The van der Waals surface area contributed by atoms with Crippen LogP contribution in [0.5, 0.6) is 0 Å². The van der Waals surface area contributed by atoms with Gasteiger partial charge in [-0.05, 0) is 42.3 Å². The Balaban J connectivity index is 1.76. The van der Waals surface area contributed by atoms with E-state index >= 15 is 0 Å². The van der Waals surface area contributed by atoms with Gasteiger partial charge >= 0.3 is 0 Å². The maximum atomic E-state index is 12.1. The molecule has 2 aromatic carbocycles. The number of aryl methyl sites for hydroxylation is 1. The van der Waals surface area contributed by atoms with Gasteiger partial charge in [-0.2, -0.15) is 11.8 Å². The van der Waals surface area contributed by atoms with Crippen molar-refractivity contribution in [2.24, 2.45) is 0 Å². The Morgan fingerprint density at radius 2 is 1.87 bits per heavy atom. The molecule has 0 fully saturated rings. The lowest BCUT2D eigenvalue weighted by molar-refractivity contribution is 0.0956. The average molecular weight is 389 g/mol. The number of hydrogen-bond donors (Lipinski definition) is 1. The topological polar surface area (TPSA) is 29.1 Å². The molecule has 0 aliphatic carbocycles. The van der Waals surface area contributed by atoms with E-state index < -0.39 is 0 Å². The Hall–Kier alpha value is -0.870. The summed E-state index contributed by atoms with van der Waals surface area (Å²) in [5.41, 5.74) is 2.57. The highest BCUT2D eigenvalue weighted by atomic mass is 35.5. The molecule has 1 N–H and O–H groups in total.